The zero-order valence-corrected chi connectivity index (χ0v) is 12.4. The molecule has 0 aliphatic heterocycles. The molecular weight excluding hydrogens is 268 g/mol. The molecule has 0 saturated heterocycles. The van der Waals surface area contributed by atoms with Crippen molar-refractivity contribution < 1.29 is 9.53 Å². The van der Waals surface area contributed by atoms with Crippen molar-refractivity contribution in [2.75, 3.05) is 6.61 Å². The maximum Gasteiger partial charge on any atom is 0.330 e. The molecule has 0 heterocycles. The lowest BCUT2D eigenvalue weighted by Crippen LogP contribution is -2.17. The first kappa shape index (κ1) is 16.3. The molecule has 1 aliphatic rings. The van der Waals surface area contributed by atoms with Crippen LogP contribution in [0, 0.1) is 0 Å². The van der Waals surface area contributed by atoms with Crippen LogP contribution in [0.2, 0.25) is 0 Å². The molecule has 0 saturated carbocycles. The fraction of sp³-hybridized carbons (Fsp3) is 0.235. The zero-order valence-electron chi connectivity index (χ0n) is 11.6. The molecule has 3 heteroatoms. The number of esters is 1. The van der Waals surface area contributed by atoms with Crippen LogP contribution in [0.5, 0.6) is 0 Å². The normalized spacial score (nSPS) is 16.0. The van der Waals surface area contributed by atoms with Gasteiger partial charge < -0.3 is 4.74 Å². The van der Waals surface area contributed by atoms with Gasteiger partial charge in [0.25, 0.3) is 0 Å². The first-order valence-electron chi connectivity index (χ1n) is 6.48. The molecule has 1 rings (SSSR count). The smallest absolute Gasteiger partial charge is 0.330 e. The summed E-state index contributed by atoms with van der Waals surface area (Å²) in [5.74, 6) is -0.411. The SMILES string of the molecule is C=C/C=C(\C=C)C(COC(=O)C=C)SC1=CCCC=C1. The number of thioether (sulfide) groups is 1. The molecule has 0 aromatic heterocycles. The molecule has 0 spiro atoms. The third-order valence-corrected chi connectivity index (χ3v) is 3.97. The number of allylic oxidation sites excluding steroid dienone is 6. The third-order valence-electron chi connectivity index (χ3n) is 2.70. The second kappa shape index (κ2) is 9.21. The van der Waals surface area contributed by atoms with Crippen molar-refractivity contribution in [3.8, 4) is 0 Å². The van der Waals surface area contributed by atoms with Gasteiger partial charge in [-0.1, -0.05) is 56.2 Å². The van der Waals surface area contributed by atoms with Gasteiger partial charge in [0.1, 0.15) is 6.61 Å². The number of ether oxygens (including phenoxy) is 1. The minimum Gasteiger partial charge on any atom is -0.461 e. The van der Waals surface area contributed by atoms with Crippen molar-refractivity contribution in [3.63, 3.8) is 0 Å². The van der Waals surface area contributed by atoms with Crippen LogP contribution in [0.4, 0.5) is 0 Å². The van der Waals surface area contributed by atoms with E-state index < -0.39 is 5.97 Å². The molecule has 20 heavy (non-hydrogen) atoms. The molecule has 0 radical (unpaired) electrons. The quantitative estimate of drug-likeness (QED) is 0.377. The predicted molar refractivity (Wildman–Crippen MR) is 87.5 cm³/mol. The Morgan fingerprint density at radius 2 is 2.15 bits per heavy atom. The Balaban J connectivity index is 2.79. The topological polar surface area (TPSA) is 26.3 Å². The number of carbonyl (C=O) groups is 1. The van der Waals surface area contributed by atoms with Crippen LogP contribution in [0.1, 0.15) is 12.8 Å². The number of carbonyl (C=O) groups excluding carboxylic acids is 1. The molecule has 0 aromatic rings. The summed E-state index contributed by atoms with van der Waals surface area (Å²) >= 11 is 1.67. The van der Waals surface area contributed by atoms with Gasteiger partial charge in [-0.25, -0.2) is 4.79 Å². The number of hydrogen-bond donors (Lipinski definition) is 0. The zero-order chi connectivity index (χ0) is 14.8. The number of hydrogen-bond acceptors (Lipinski definition) is 3. The molecule has 1 aliphatic carbocycles. The monoisotopic (exact) mass is 288 g/mol. The van der Waals surface area contributed by atoms with Crippen LogP contribution >= 0.6 is 11.8 Å². The van der Waals surface area contributed by atoms with Crippen LogP contribution in [0.15, 0.2) is 72.7 Å². The summed E-state index contributed by atoms with van der Waals surface area (Å²) in [7, 11) is 0. The lowest BCUT2D eigenvalue weighted by atomic mass is 10.2. The van der Waals surface area contributed by atoms with E-state index >= 15 is 0 Å². The Kier molecular flexibility index (Phi) is 7.51. The lowest BCUT2D eigenvalue weighted by Gasteiger charge is -2.19. The molecule has 106 valence electrons. The van der Waals surface area contributed by atoms with Gasteiger partial charge in [0.05, 0.1) is 5.25 Å². The third kappa shape index (κ3) is 5.49. The fourth-order valence-electron chi connectivity index (χ4n) is 1.70. The molecule has 1 atom stereocenters. The Bertz CT molecular complexity index is 469. The minimum atomic E-state index is -0.411. The van der Waals surface area contributed by atoms with E-state index in [2.05, 4.69) is 38.0 Å². The van der Waals surface area contributed by atoms with E-state index in [9.17, 15) is 4.79 Å². The average molecular weight is 288 g/mol. The largest absolute Gasteiger partial charge is 0.461 e. The maximum atomic E-state index is 11.2. The molecule has 2 nitrogen and oxygen atoms in total. The Morgan fingerprint density at radius 3 is 2.70 bits per heavy atom. The van der Waals surface area contributed by atoms with E-state index in [4.69, 9.17) is 4.74 Å². The van der Waals surface area contributed by atoms with Crippen LogP contribution in [0.25, 0.3) is 0 Å². The van der Waals surface area contributed by atoms with E-state index in [0.29, 0.717) is 0 Å². The number of rotatable bonds is 8. The van der Waals surface area contributed by atoms with Gasteiger partial charge in [0.15, 0.2) is 0 Å². The average Bonchev–Trinajstić information content (AvgIpc) is 2.49. The van der Waals surface area contributed by atoms with E-state index in [1.807, 2.05) is 6.08 Å². The van der Waals surface area contributed by atoms with E-state index in [0.717, 1.165) is 18.4 Å². The van der Waals surface area contributed by atoms with Gasteiger partial charge in [-0.15, -0.1) is 11.8 Å². The Labute approximate surface area is 125 Å². The van der Waals surface area contributed by atoms with Crippen LogP contribution < -0.4 is 0 Å². The van der Waals surface area contributed by atoms with Crippen molar-refractivity contribution in [1.29, 1.82) is 0 Å². The van der Waals surface area contributed by atoms with Crippen LogP contribution in [-0.2, 0) is 9.53 Å². The van der Waals surface area contributed by atoms with Gasteiger partial charge in [-0.2, -0.15) is 0 Å². The van der Waals surface area contributed by atoms with E-state index in [1.165, 1.54) is 11.0 Å². The maximum absolute atomic E-state index is 11.2. The highest BCUT2D eigenvalue weighted by molar-refractivity contribution is 8.04. The highest BCUT2D eigenvalue weighted by Gasteiger charge is 2.16. The Hall–Kier alpha value is -1.74. The van der Waals surface area contributed by atoms with Gasteiger partial charge in [-0.3, -0.25) is 0 Å². The fourth-order valence-corrected chi connectivity index (χ4v) is 2.86. The molecule has 0 bridgehead atoms. The molecule has 0 aromatic carbocycles. The van der Waals surface area contributed by atoms with Crippen molar-refractivity contribution >= 4 is 17.7 Å². The van der Waals surface area contributed by atoms with E-state index in [-0.39, 0.29) is 11.9 Å². The summed E-state index contributed by atoms with van der Waals surface area (Å²) in [5.41, 5.74) is 0.988. The van der Waals surface area contributed by atoms with Crippen LogP contribution in [-0.4, -0.2) is 17.8 Å². The summed E-state index contributed by atoms with van der Waals surface area (Å²) in [6.45, 7) is 11.2. The summed E-state index contributed by atoms with van der Waals surface area (Å²) in [6, 6.07) is 0. The van der Waals surface area contributed by atoms with Gasteiger partial charge in [0, 0.05) is 11.0 Å². The standard InChI is InChI=1S/C17H20O2S/c1-4-10-14(5-2)16(13-19-17(18)6-3)20-15-11-8-7-9-12-15/h4-6,8,10-12,16H,1-3,7,9,13H2/b14-10+. The summed E-state index contributed by atoms with van der Waals surface area (Å²) < 4.78 is 5.17. The van der Waals surface area contributed by atoms with Gasteiger partial charge in [0.2, 0.25) is 0 Å². The second-order valence-electron chi connectivity index (χ2n) is 4.13. The first-order chi connectivity index (χ1) is 9.71. The first-order valence-corrected chi connectivity index (χ1v) is 7.36. The Morgan fingerprint density at radius 1 is 1.35 bits per heavy atom. The highest BCUT2D eigenvalue weighted by atomic mass is 32.2. The van der Waals surface area contributed by atoms with Crippen molar-refractivity contribution in [3.05, 3.63) is 72.7 Å². The van der Waals surface area contributed by atoms with Crippen LogP contribution in [0.3, 0.4) is 0 Å². The second-order valence-corrected chi connectivity index (χ2v) is 5.41. The lowest BCUT2D eigenvalue weighted by molar-refractivity contribution is -0.137. The summed E-state index contributed by atoms with van der Waals surface area (Å²) in [5, 5.41) is 0.00315. The minimum absolute atomic E-state index is 0.00315. The molecule has 0 amide bonds. The van der Waals surface area contributed by atoms with Crippen molar-refractivity contribution in [2.45, 2.75) is 18.1 Å². The van der Waals surface area contributed by atoms with Crippen molar-refractivity contribution in [1.82, 2.24) is 0 Å². The van der Waals surface area contributed by atoms with Gasteiger partial charge >= 0.3 is 5.97 Å². The molecule has 0 fully saturated rings. The molecule has 0 N–H and O–H groups in total. The summed E-state index contributed by atoms with van der Waals surface area (Å²) in [6.07, 6.45) is 15.1. The summed E-state index contributed by atoms with van der Waals surface area (Å²) in [4.78, 5) is 12.4. The molecule has 1 unspecified atom stereocenters. The van der Waals surface area contributed by atoms with Crippen molar-refractivity contribution in [2.24, 2.45) is 0 Å². The molecular formula is C17H20O2S. The van der Waals surface area contributed by atoms with E-state index in [1.54, 1.807) is 23.9 Å². The van der Waals surface area contributed by atoms with Gasteiger partial charge in [-0.05, 0) is 18.4 Å². The predicted octanol–water partition coefficient (Wildman–Crippen LogP) is 4.35. The highest BCUT2D eigenvalue weighted by Crippen LogP contribution is 2.31.